The second kappa shape index (κ2) is 7.17. The second-order valence-corrected chi connectivity index (χ2v) is 5.41. The molecule has 0 bridgehead atoms. The largest absolute Gasteiger partial charge is 0.392 e. The van der Waals surface area contributed by atoms with E-state index in [1.54, 1.807) is 11.3 Å². The summed E-state index contributed by atoms with van der Waals surface area (Å²) in [6, 6.07) is 7.53. The van der Waals surface area contributed by atoms with Gasteiger partial charge in [-0.15, -0.1) is 11.3 Å². The van der Waals surface area contributed by atoms with Crippen molar-refractivity contribution in [2.45, 2.75) is 32.9 Å². The predicted molar refractivity (Wildman–Crippen MR) is 79.4 cm³/mol. The van der Waals surface area contributed by atoms with Gasteiger partial charge in [-0.2, -0.15) is 0 Å². The van der Waals surface area contributed by atoms with Crippen LogP contribution in [0.2, 0.25) is 0 Å². The standard InChI is InChI=1S/C15H18N2O2S/c1-2-15-17-13(10-20-15)7-14(19)16-8-11-5-3-4-6-12(11)9-18/h3-6,10,18H,2,7-9H2,1H3,(H,16,19). The number of aryl methyl sites for hydroxylation is 1. The van der Waals surface area contributed by atoms with Gasteiger partial charge in [0.1, 0.15) is 0 Å². The van der Waals surface area contributed by atoms with Crippen molar-refractivity contribution in [3.05, 3.63) is 51.5 Å². The molecule has 1 aromatic carbocycles. The molecule has 4 nitrogen and oxygen atoms in total. The van der Waals surface area contributed by atoms with Gasteiger partial charge in [-0.1, -0.05) is 31.2 Å². The van der Waals surface area contributed by atoms with Crippen molar-refractivity contribution in [2.75, 3.05) is 0 Å². The molecule has 0 saturated heterocycles. The van der Waals surface area contributed by atoms with Gasteiger partial charge >= 0.3 is 0 Å². The van der Waals surface area contributed by atoms with Crippen molar-refractivity contribution < 1.29 is 9.90 Å². The smallest absolute Gasteiger partial charge is 0.226 e. The topological polar surface area (TPSA) is 62.2 Å². The molecule has 1 aromatic heterocycles. The number of carbonyl (C=O) groups excluding carboxylic acids is 1. The van der Waals surface area contributed by atoms with E-state index in [2.05, 4.69) is 17.2 Å². The van der Waals surface area contributed by atoms with Crippen LogP contribution in [0.25, 0.3) is 0 Å². The van der Waals surface area contributed by atoms with Gasteiger partial charge in [0.25, 0.3) is 0 Å². The van der Waals surface area contributed by atoms with Crippen LogP contribution in [-0.4, -0.2) is 16.0 Å². The zero-order chi connectivity index (χ0) is 14.4. The highest BCUT2D eigenvalue weighted by atomic mass is 32.1. The Balaban J connectivity index is 1.88. The molecule has 1 amide bonds. The molecule has 0 aliphatic heterocycles. The molecule has 0 aliphatic rings. The number of aromatic nitrogens is 1. The van der Waals surface area contributed by atoms with Crippen molar-refractivity contribution in [1.29, 1.82) is 0 Å². The third-order valence-corrected chi connectivity index (χ3v) is 4.05. The zero-order valence-electron chi connectivity index (χ0n) is 11.4. The number of aliphatic hydroxyl groups excluding tert-OH is 1. The maximum absolute atomic E-state index is 11.9. The zero-order valence-corrected chi connectivity index (χ0v) is 12.2. The number of benzene rings is 1. The number of carbonyl (C=O) groups is 1. The van der Waals surface area contributed by atoms with E-state index in [1.807, 2.05) is 29.6 Å². The number of hydrogen-bond donors (Lipinski definition) is 2. The van der Waals surface area contributed by atoms with Gasteiger partial charge in [0.05, 0.1) is 23.7 Å². The van der Waals surface area contributed by atoms with Crippen LogP contribution in [0, 0.1) is 0 Å². The SMILES string of the molecule is CCc1nc(CC(=O)NCc2ccccc2CO)cs1. The Labute approximate surface area is 122 Å². The molecule has 1 heterocycles. The summed E-state index contributed by atoms with van der Waals surface area (Å²) in [4.78, 5) is 16.2. The lowest BCUT2D eigenvalue weighted by atomic mass is 10.1. The number of amides is 1. The lowest BCUT2D eigenvalue weighted by Crippen LogP contribution is -2.25. The molecular formula is C15H18N2O2S. The predicted octanol–water partition coefficient (Wildman–Crippen LogP) is 2.06. The van der Waals surface area contributed by atoms with E-state index in [0.29, 0.717) is 13.0 Å². The first-order valence-electron chi connectivity index (χ1n) is 6.60. The maximum atomic E-state index is 11.9. The van der Waals surface area contributed by atoms with Gasteiger partial charge in [-0.3, -0.25) is 4.79 Å². The fourth-order valence-corrected chi connectivity index (χ4v) is 2.64. The Kier molecular flexibility index (Phi) is 5.26. The summed E-state index contributed by atoms with van der Waals surface area (Å²) in [6.45, 7) is 2.47. The van der Waals surface area contributed by atoms with Gasteiger partial charge in [-0.25, -0.2) is 4.98 Å². The van der Waals surface area contributed by atoms with Crippen LogP contribution in [0.5, 0.6) is 0 Å². The molecule has 20 heavy (non-hydrogen) atoms. The normalized spacial score (nSPS) is 10.5. The summed E-state index contributed by atoms with van der Waals surface area (Å²) < 4.78 is 0. The Hall–Kier alpha value is -1.72. The minimum Gasteiger partial charge on any atom is -0.392 e. The Morgan fingerprint density at radius 2 is 2.10 bits per heavy atom. The van der Waals surface area contributed by atoms with Crippen LogP contribution in [0.4, 0.5) is 0 Å². The molecule has 2 rings (SSSR count). The van der Waals surface area contributed by atoms with Crippen LogP contribution in [0.1, 0.15) is 28.8 Å². The summed E-state index contributed by atoms with van der Waals surface area (Å²) in [7, 11) is 0. The summed E-state index contributed by atoms with van der Waals surface area (Å²) >= 11 is 1.59. The first-order chi connectivity index (χ1) is 9.72. The summed E-state index contributed by atoms with van der Waals surface area (Å²) in [6.07, 6.45) is 1.20. The highest BCUT2D eigenvalue weighted by molar-refractivity contribution is 7.09. The third kappa shape index (κ3) is 3.88. The van der Waals surface area contributed by atoms with E-state index in [-0.39, 0.29) is 12.5 Å². The van der Waals surface area contributed by atoms with Crippen LogP contribution < -0.4 is 5.32 Å². The molecule has 0 atom stereocenters. The van der Waals surface area contributed by atoms with E-state index in [1.165, 1.54) is 0 Å². The Morgan fingerprint density at radius 3 is 2.75 bits per heavy atom. The minimum atomic E-state index is -0.0503. The van der Waals surface area contributed by atoms with Gasteiger partial charge < -0.3 is 10.4 Å². The fourth-order valence-electron chi connectivity index (χ4n) is 1.90. The van der Waals surface area contributed by atoms with Crippen LogP contribution in [0.15, 0.2) is 29.6 Å². The van der Waals surface area contributed by atoms with Crippen molar-refractivity contribution in [3.8, 4) is 0 Å². The van der Waals surface area contributed by atoms with E-state index in [4.69, 9.17) is 0 Å². The van der Waals surface area contributed by atoms with Gasteiger partial charge in [0.15, 0.2) is 0 Å². The molecule has 0 saturated carbocycles. The highest BCUT2D eigenvalue weighted by Crippen LogP contribution is 2.11. The van der Waals surface area contributed by atoms with Gasteiger partial charge in [-0.05, 0) is 17.5 Å². The third-order valence-electron chi connectivity index (χ3n) is 3.01. The molecule has 0 spiro atoms. The van der Waals surface area contributed by atoms with Crippen molar-refractivity contribution >= 4 is 17.2 Å². The average molecular weight is 290 g/mol. The minimum absolute atomic E-state index is 0.0159. The summed E-state index contributed by atoms with van der Waals surface area (Å²) in [5.41, 5.74) is 2.60. The molecule has 106 valence electrons. The monoisotopic (exact) mass is 290 g/mol. The van der Waals surface area contributed by atoms with Gasteiger partial charge in [0.2, 0.25) is 5.91 Å². The molecule has 0 unspecified atom stereocenters. The number of aliphatic hydroxyl groups is 1. The first kappa shape index (κ1) is 14.7. The molecule has 5 heteroatoms. The highest BCUT2D eigenvalue weighted by Gasteiger charge is 2.08. The number of rotatable bonds is 6. The van der Waals surface area contributed by atoms with Gasteiger partial charge in [0, 0.05) is 11.9 Å². The molecule has 0 fully saturated rings. The number of nitrogens with zero attached hydrogens (tertiary/aromatic N) is 1. The maximum Gasteiger partial charge on any atom is 0.226 e. The first-order valence-corrected chi connectivity index (χ1v) is 7.48. The van der Waals surface area contributed by atoms with Crippen LogP contribution in [-0.2, 0) is 30.8 Å². The summed E-state index contributed by atoms with van der Waals surface area (Å²) in [5.74, 6) is -0.0503. The molecule has 0 radical (unpaired) electrons. The van der Waals surface area contributed by atoms with E-state index >= 15 is 0 Å². The Morgan fingerprint density at radius 1 is 1.35 bits per heavy atom. The van der Waals surface area contributed by atoms with Crippen molar-refractivity contribution in [1.82, 2.24) is 10.3 Å². The number of nitrogens with one attached hydrogen (secondary N) is 1. The number of hydrogen-bond acceptors (Lipinski definition) is 4. The van der Waals surface area contributed by atoms with E-state index < -0.39 is 0 Å². The molecular weight excluding hydrogens is 272 g/mol. The lowest BCUT2D eigenvalue weighted by molar-refractivity contribution is -0.120. The van der Waals surface area contributed by atoms with Crippen molar-refractivity contribution in [2.24, 2.45) is 0 Å². The van der Waals surface area contributed by atoms with Crippen molar-refractivity contribution in [3.63, 3.8) is 0 Å². The number of thiazole rings is 1. The van der Waals surface area contributed by atoms with Crippen LogP contribution >= 0.6 is 11.3 Å². The molecule has 2 N–H and O–H groups in total. The quantitative estimate of drug-likeness (QED) is 0.856. The average Bonchev–Trinajstić information content (AvgIpc) is 2.93. The molecule has 0 aliphatic carbocycles. The Bertz CT molecular complexity index is 581. The summed E-state index contributed by atoms with van der Waals surface area (Å²) in [5, 5.41) is 15.1. The molecule has 2 aromatic rings. The fraction of sp³-hybridized carbons (Fsp3) is 0.333. The van der Waals surface area contributed by atoms with Crippen LogP contribution in [0.3, 0.4) is 0 Å². The van der Waals surface area contributed by atoms with E-state index in [9.17, 15) is 9.90 Å². The van der Waals surface area contributed by atoms with E-state index in [0.717, 1.165) is 28.2 Å². The second-order valence-electron chi connectivity index (χ2n) is 4.47. The lowest BCUT2D eigenvalue weighted by Gasteiger charge is -2.08.